The summed E-state index contributed by atoms with van der Waals surface area (Å²) in [6, 6.07) is 4.41. The summed E-state index contributed by atoms with van der Waals surface area (Å²) in [4.78, 5) is 10.5. The molecule has 1 saturated heterocycles. The van der Waals surface area contributed by atoms with Crippen molar-refractivity contribution in [2.24, 2.45) is 4.99 Å². The topological polar surface area (TPSA) is 49.8 Å². The van der Waals surface area contributed by atoms with E-state index in [1.165, 1.54) is 25.3 Å². The number of pyridine rings is 1. The van der Waals surface area contributed by atoms with Gasteiger partial charge in [-0.3, -0.25) is 0 Å². The van der Waals surface area contributed by atoms with Crippen molar-refractivity contribution >= 4 is 11.6 Å². The molecule has 1 unspecified atom stereocenters. The lowest BCUT2D eigenvalue weighted by Gasteiger charge is -2.33. The average Bonchev–Trinajstić information content (AvgIpc) is 3.08. The van der Waals surface area contributed by atoms with Gasteiger partial charge in [-0.05, 0) is 31.9 Å². The Morgan fingerprint density at radius 3 is 2.76 bits per heavy atom. The number of aliphatic imine (C=N–C) groups is 1. The maximum atomic E-state index is 14.5. The van der Waals surface area contributed by atoms with E-state index >= 15 is 0 Å². The molecule has 1 aromatic heterocycles. The van der Waals surface area contributed by atoms with E-state index in [4.69, 9.17) is 4.74 Å². The van der Waals surface area contributed by atoms with Crippen LogP contribution in [-0.4, -0.2) is 23.0 Å². The van der Waals surface area contributed by atoms with Gasteiger partial charge in [0.1, 0.15) is 11.6 Å². The molecule has 1 N–H and O–H groups in total. The molecular weight excluding hydrogens is 381 g/mol. The zero-order valence-corrected chi connectivity index (χ0v) is 16.0. The van der Waals surface area contributed by atoms with E-state index in [2.05, 4.69) is 21.9 Å². The van der Waals surface area contributed by atoms with Crippen molar-refractivity contribution in [2.45, 2.75) is 25.8 Å². The predicted molar refractivity (Wildman–Crippen MR) is 103 cm³/mol. The number of hydrogen-bond donors (Lipinski definition) is 1. The minimum Gasteiger partial charge on any atom is -0.479 e. The van der Waals surface area contributed by atoms with Gasteiger partial charge in [-0.15, -0.1) is 0 Å². The fourth-order valence-electron chi connectivity index (χ4n) is 3.67. The van der Waals surface area contributed by atoms with Crippen molar-refractivity contribution < 1.29 is 17.9 Å². The van der Waals surface area contributed by atoms with Crippen molar-refractivity contribution in [1.29, 1.82) is 0 Å². The third-order valence-electron chi connectivity index (χ3n) is 4.99. The fraction of sp³-hybridized carbons (Fsp3) is 0.238. The lowest BCUT2D eigenvalue weighted by molar-refractivity contribution is 0.368. The summed E-state index contributed by atoms with van der Waals surface area (Å²) in [7, 11) is 1.34. The monoisotopic (exact) mass is 400 g/mol. The molecule has 2 aliphatic rings. The third kappa shape index (κ3) is 3.46. The molecular formula is C21H19F3N4O. The van der Waals surface area contributed by atoms with Gasteiger partial charge in [0.15, 0.2) is 5.82 Å². The molecule has 0 bridgehead atoms. The largest absolute Gasteiger partial charge is 0.479 e. The maximum absolute atomic E-state index is 14.5. The molecule has 0 spiro atoms. The van der Waals surface area contributed by atoms with E-state index in [0.29, 0.717) is 41.4 Å². The Balaban J connectivity index is 1.79. The van der Waals surface area contributed by atoms with Crippen LogP contribution >= 0.6 is 0 Å². The summed E-state index contributed by atoms with van der Waals surface area (Å²) in [5.74, 6) is -1.61. The number of guanidine groups is 1. The van der Waals surface area contributed by atoms with Crippen LogP contribution in [0.1, 0.15) is 30.1 Å². The number of halogens is 3. The zero-order chi connectivity index (χ0) is 20.7. The van der Waals surface area contributed by atoms with Crippen LogP contribution < -0.4 is 10.1 Å². The number of rotatable bonds is 3. The van der Waals surface area contributed by atoms with Gasteiger partial charge in [0.05, 0.1) is 24.5 Å². The number of fused-ring (bicyclic) bond motifs is 1. The van der Waals surface area contributed by atoms with Gasteiger partial charge in [0.2, 0.25) is 11.8 Å². The Kier molecular flexibility index (Phi) is 4.77. The van der Waals surface area contributed by atoms with Gasteiger partial charge in [-0.2, -0.15) is 0 Å². The zero-order valence-electron chi connectivity index (χ0n) is 16.0. The number of aryl methyl sites for hydroxylation is 1. The van der Waals surface area contributed by atoms with Crippen LogP contribution in [0.3, 0.4) is 0 Å². The van der Waals surface area contributed by atoms with Gasteiger partial charge >= 0.3 is 0 Å². The summed E-state index contributed by atoms with van der Waals surface area (Å²) in [6.45, 7) is 5.62. The first kappa shape index (κ1) is 19.0. The highest BCUT2D eigenvalue weighted by Gasteiger charge is 2.36. The van der Waals surface area contributed by atoms with Crippen LogP contribution in [0.15, 0.2) is 53.3 Å². The molecule has 150 valence electrons. The summed E-state index contributed by atoms with van der Waals surface area (Å²) < 4.78 is 46.9. The second kappa shape index (κ2) is 7.27. The molecule has 0 saturated carbocycles. The molecule has 2 aliphatic heterocycles. The Morgan fingerprint density at radius 2 is 2.03 bits per heavy atom. The first-order valence-corrected chi connectivity index (χ1v) is 9.08. The van der Waals surface area contributed by atoms with Crippen molar-refractivity contribution in [3.05, 3.63) is 77.0 Å². The average molecular weight is 400 g/mol. The number of aromatic nitrogens is 1. The van der Waals surface area contributed by atoms with Crippen molar-refractivity contribution in [1.82, 2.24) is 15.2 Å². The van der Waals surface area contributed by atoms with Crippen molar-refractivity contribution in [3.8, 4) is 5.88 Å². The van der Waals surface area contributed by atoms with E-state index in [1.54, 1.807) is 6.92 Å². The summed E-state index contributed by atoms with van der Waals surface area (Å²) in [5, 5.41) is 3.07. The summed E-state index contributed by atoms with van der Waals surface area (Å²) in [5.41, 5.74) is 2.68. The smallest absolute Gasteiger partial charge is 0.250 e. The van der Waals surface area contributed by atoms with Crippen LogP contribution in [0, 0.1) is 24.4 Å². The lowest BCUT2D eigenvalue weighted by Crippen LogP contribution is -2.42. The van der Waals surface area contributed by atoms with Crippen LogP contribution in [0.25, 0.3) is 0 Å². The first-order valence-electron chi connectivity index (χ1n) is 9.08. The third-order valence-corrected chi connectivity index (χ3v) is 4.99. The van der Waals surface area contributed by atoms with E-state index in [-0.39, 0.29) is 11.9 Å². The SMILES string of the molecule is C=C1C=C2CCC(c3ccc(F)cc3F)N2C(=Nc2cc(F)c(OC)nc2C)N1. The fourth-order valence-corrected chi connectivity index (χ4v) is 3.67. The number of nitrogens with zero attached hydrogens (tertiary/aromatic N) is 3. The summed E-state index contributed by atoms with van der Waals surface area (Å²) in [6.07, 6.45) is 3.16. The molecule has 1 atom stereocenters. The lowest BCUT2D eigenvalue weighted by atomic mass is 10.0. The maximum Gasteiger partial charge on any atom is 0.250 e. The Bertz CT molecular complexity index is 1060. The van der Waals surface area contributed by atoms with Gasteiger partial charge in [0.25, 0.3) is 0 Å². The van der Waals surface area contributed by atoms with E-state index in [9.17, 15) is 13.2 Å². The number of methoxy groups -OCH3 is 1. The van der Waals surface area contributed by atoms with Gasteiger partial charge in [-0.1, -0.05) is 12.6 Å². The highest BCUT2D eigenvalue weighted by molar-refractivity contribution is 5.88. The molecule has 8 heteroatoms. The molecule has 5 nitrogen and oxygen atoms in total. The van der Waals surface area contributed by atoms with Gasteiger partial charge < -0.3 is 15.0 Å². The minimum absolute atomic E-state index is 0.111. The molecule has 0 amide bonds. The van der Waals surface area contributed by atoms with Crippen LogP contribution in [0.4, 0.5) is 18.9 Å². The Hall–Kier alpha value is -3.29. The van der Waals surface area contributed by atoms with Crippen LogP contribution in [-0.2, 0) is 0 Å². The number of benzene rings is 1. The number of nitrogens with one attached hydrogen (secondary N) is 1. The highest BCUT2D eigenvalue weighted by Crippen LogP contribution is 2.41. The molecule has 0 radical (unpaired) electrons. The standard InChI is InChI=1S/C21H19F3N4O/c1-11-8-14-5-7-19(15-6-4-13(22)9-16(15)23)28(14)21(25-11)27-18-10-17(24)20(29-3)26-12(18)2/h4,6,8-10,19H,1,5,7H2,2-3H3,(H,25,27). The predicted octanol–water partition coefficient (Wildman–Crippen LogP) is 4.64. The molecule has 29 heavy (non-hydrogen) atoms. The van der Waals surface area contributed by atoms with Gasteiger partial charge in [-0.25, -0.2) is 23.1 Å². The minimum atomic E-state index is -0.634. The highest BCUT2D eigenvalue weighted by atomic mass is 19.1. The van der Waals surface area contributed by atoms with Gasteiger partial charge in [0, 0.05) is 29.1 Å². The van der Waals surface area contributed by atoms with E-state index in [1.807, 2.05) is 11.0 Å². The number of allylic oxidation sites excluding steroid dienone is 2. The van der Waals surface area contributed by atoms with Crippen molar-refractivity contribution in [3.63, 3.8) is 0 Å². The van der Waals surface area contributed by atoms with E-state index < -0.39 is 17.5 Å². The van der Waals surface area contributed by atoms with Crippen LogP contribution in [0.2, 0.25) is 0 Å². The normalized spacial score (nSPS) is 19.8. The van der Waals surface area contributed by atoms with E-state index in [0.717, 1.165) is 11.8 Å². The Morgan fingerprint density at radius 1 is 1.24 bits per heavy atom. The summed E-state index contributed by atoms with van der Waals surface area (Å²) >= 11 is 0. The molecule has 4 rings (SSSR count). The second-order valence-corrected chi connectivity index (χ2v) is 6.90. The molecule has 0 aliphatic carbocycles. The molecule has 3 heterocycles. The van der Waals surface area contributed by atoms with Crippen LogP contribution in [0.5, 0.6) is 5.88 Å². The second-order valence-electron chi connectivity index (χ2n) is 6.90. The number of hydrogen-bond acceptors (Lipinski definition) is 3. The van der Waals surface area contributed by atoms with Crippen molar-refractivity contribution in [2.75, 3.05) is 7.11 Å². The molecule has 2 aromatic rings. The Labute approximate surface area is 166 Å². The molecule has 1 fully saturated rings. The first-order chi connectivity index (χ1) is 13.9. The number of ether oxygens (including phenoxy) is 1. The molecule has 1 aromatic carbocycles. The quantitative estimate of drug-likeness (QED) is 0.816.